The molecule has 3 rings (SSSR count). The molecule has 3 aromatic rings. The highest BCUT2D eigenvalue weighted by Gasteiger charge is 2.30. The minimum Gasteiger partial charge on any atom is -0.384 e. The van der Waals surface area contributed by atoms with Gasteiger partial charge in [0.1, 0.15) is 0 Å². The van der Waals surface area contributed by atoms with E-state index in [9.17, 15) is 13.2 Å². The van der Waals surface area contributed by atoms with E-state index >= 15 is 0 Å². The first kappa shape index (κ1) is 24.5. The van der Waals surface area contributed by atoms with Crippen molar-refractivity contribution in [1.29, 1.82) is 0 Å². The summed E-state index contributed by atoms with van der Waals surface area (Å²) in [7, 11) is 1.69. The van der Waals surface area contributed by atoms with Crippen molar-refractivity contribution < 1.29 is 17.9 Å². The molecule has 0 saturated heterocycles. The number of aryl methyl sites for hydroxylation is 1. The molecule has 0 saturated carbocycles. The maximum atomic E-state index is 12.9. The van der Waals surface area contributed by atoms with Crippen LogP contribution in [0.3, 0.4) is 0 Å². The molecule has 1 atom stereocenters. The zero-order chi connectivity index (χ0) is 23.0. The molecule has 0 N–H and O–H groups in total. The van der Waals surface area contributed by atoms with Crippen LogP contribution < -0.4 is 0 Å². The van der Waals surface area contributed by atoms with Crippen LogP contribution in [0.25, 0.3) is 10.9 Å². The molecule has 1 aromatic carbocycles. The number of alkyl halides is 3. The van der Waals surface area contributed by atoms with Gasteiger partial charge in [-0.2, -0.15) is 13.2 Å². The van der Waals surface area contributed by atoms with Crippen molar-refractivity contribution in [3.8, 4) is 0 Å². The molecular weight excluding hydrogens is 437 g/mol. The Morgan fingerprint density at radius 3 is 2.75 bits per heavy atom. The Labute approximate surface area is 190 Å². The number of aromatic nitrogens is 4. The van der Waals surface area contributed by atoms with Gasteiger partial charge >= 0.3 is 6.18 Å². The Balaban J connectivity index is 1.37. The summed E-state index contributed by atoms with van der Waals surface area (Å²) in [5.41, 5.74) is 0.588. The predicted molar refractivity (Wildman–Crippen MR) is 120 cm³/mol. The van der Waals surface area contributed by atoms with Gasteiger partial charge < -0.3 is 4.74 Å². The molecule has 173 valence electrons. The number of methoxy groups -OCH3 is 1. The molecule has 5 nitrogen and oxygen atoms in total. The Kier molecular flexibility index (Phi) is 8.92. The molecular formula is C23H28F3N4OS. The normalized spacial score (nSPS) is 13.0. The number of ether oxygens (including phenoxy) is 1. The maximum absolute atomic E-state index is 12.9. The second-order valence-corrected chi connectivity index (χ2v) is 8.94. The highest BCUT2D eigenvalue weighted by atomic mass is 32.2. The number of thioether (sulfide) groups is 1. The fraction of sp³-hybridized carbons (Fsp3) is 0.478. The molecule has 0 aliphatic heterocycles. The molecule has 2 aromatic heterocycles. The summed E-state index contributed by atoms with van der Waals surface area (Å²) in [6.45, 7) is 3.58. The van der Waals surface area contributed by atoms with E-state index < -0.39 is 11.7 Å². The van der Waals surface area contributed by atoms with Crippen molar-refractivity contribution in [3.05, 3.63) is 54.3 Å². The topological polar surface area (TPSA) is 52.8 Å². The lowest BCUT2D eigenvalue weighted by Gasteiger charge is -2.10. The first-order valence-electron chi connectivity index (χ1n) is 10.7. The van der Waals surface area contributed by atoms with Crippen molar-refractivity contribution >= 4 is 22.7 Å². The molecule has 0 aliphatic rings. The fourth-order valence-corrected chi connectivity index (χ4v) is 4.49. The van der Waals surface area contributed by atoms with Gasteiger partial charge in [-0.3, -0.25) is 9.67 Å². The predicted octanol–water partition coefficient (Wildman–Crippen LogP) is 6.03. The standard InChI is InChI=1S/C23H28F3N4OS/c1-17(16-31-2)13-19-15-30(29-28-19)11-5-3-4-6-12-32-22-9-10-27-21-14-18(23(24,25)26)7-8-20(21)22/h7-10,13-15,17H,3-6,11-12,16H2,1-2H3. The third-order valence-corrected chi connectivity index (χ3v) is 6.17. The van der Waals surface area contributed by atoms with E-state index in [4.69, 9.17) is 4.74 Å². The number of pyridine rings is 1. The van der Waals surface area contributed by atoms with E-state index in [1.165, 1.54) is 6.07 Å². The molecule has 0 fully saturated rings. The van der Waals surface area contributed by atoms with Crippen molar-refractivity contribution in [2.24, 2.45) is 5.92 Å². The molecule has 0 amide bonds. The van der Waals surface area contributed by atoms with Gasteiger partial charge in [0, 0.05) is 49.4 Å². The molecule has 32 heavy (non-hydrogen) atoms. The Hall–Kier alpha value is -2.13. The summed E-state index contributed by atoms with van der Waals surface area (Å²) in [4.78, 5) is 5.08. The molecule has 0 bridgehead atoms. The van der Waals surface area contributed by atoms with Gasteiger partial charge in [-0.15, -0.1) is 16.9 Å². The third-order valence-electron chi connectivity index (χ3n) is 5.01. The number of rotatable bonds is 12. The van der Waals surface area contributed by atoms with Crippen molar-refractivity contribution in [1.82, 2.24) is 20.0 Å². The average molecular weight is 466 g/mol. The number of fused-ring (bicyclic) bond motifs is 1. The monoisotopic (exact) mass is 465 g/mol. The van der Waals surface area contributed by atoms with Crippen LogP contribution in [0.2, 0.25) is 0 Å². The van der Waals surface area contributed by atoms with E-state index in [2.05, 4.69) is 28.6 Å². The van der Waals surface area contributed by atoms with Crippen LogP contribution in [0.15, 0.2) is 41.6 Å². The Bertz CT molecular complexity index is 993. The van der Waals surface area contributed by atoms with E-state index in [0.717, 1.165) is 66.1 Å². The lowest BCUT2D eigenvalue weighted by Crippen LogP contribution is -2.05. The van der Waals surface area contributed by atoms with Crippen LogP contribution >= 0.6 is 11.8 Å². The number of nitrogens with zero attached hydrogens (tertiary/aromatic N) is 4. The van der Waals surface area contributed by atoms with Gasteiger partial charge in [-0.05, 0) is 42.7 Å². The second-order valence-electron chi connectivity index (χ2n) is 7.81. The van der Waals surface area contributed by atoms with Crippen LogP contribution in [0, 0.1) is 12.3 Å². The van der Waals surface area contributed by atoms with Gasteiger partial charge in [0.25, 0.3) is 0 Å². The molecule has 9 heteroatoms. The summed E-state index contributed by atoms with van der Waals surface area (Å²) in [5.74, 6) is 1.21. The Morgan fingerprint density at radius 2 is 1.97 bits per heavy atom. The molecule has 0 spiro atoms. The highest BCUT2D eigenvalue weighted by molar-refractivity contribution is 7.99. The summed E-state index contributed by atoms with van der Waals surface area (Å²) >= 11 is 1.67. The van der Waals surface area contributed by atoms with Gasteiger partial charge in [0.2, 0.25) is 0 Å². The summed E-state index contributed by atoms with van der Waals surface area (Å²) < 4.78 is 45.7. The van der Waals surface area contributed by atoms with Crippen molar-refractivity contribution in [2.75, 3.05) is 19.5 Å². The van der Waals surface area contributed by atoms with Crippen molar-refractivity contribution in [3.63, 3.8) is 0 Å². The highest BCUT2D eigenvalue weighted by Crippen LogP contribution is 2.34. The number of unbranched alkanes of at least 4 members (excludes halogenated alkanes) is 3. The molecule has 1 radical (unpaired) electrons. The number of halogens is 3. The Morgan fingerprint density at radius 1 is 1.16 bits per heavy atom. The van der Waals surface area contributed by atoms with Crippen LogP contribution in [-0.4, -0.2) is 39.4 Å². The van der Waals surface area contributed by atoms with Crippen LogP contribution in [0.5, 0.6) is 0 Å². The number of benzene rings is 1. The van der Waals surface area contributed by atoms with E-state index in [0.29, 0.717) is 18.0 Å². The van der Waals surface area contributed by atoms with Gasteiger partial charge in [-0.1, -0.05) is 31.0 Å². The van der Waals surface area contributed by atoms with E-state index in [1.807, 2.05) is 16.9 Å². The average Bonchev–Trinajstić information content (AvgIpc) is 3.19. The van der Waals surface area contributed by atoms with E-state index in [1.54, 1.807) is 25.1 Å². The smallest absolute Gasteiger partial charge is 0.384 e. The second kappa shape index (κ2) is 11.7. The summed E-state index contributed by atoms with van der Waals surface area (Å²) in [5, 5.41) is 9.11. The van der Waals surface area contributed by atoms with Crippen LogP contribution in [0.4, 0.5) is 13.2 Å². The van der Waals surface area contributed by atoms with Crippen molar-refractivity contribution in [2.45, 2.75) is 50.2 Å². The van der Waals surface area contributed by atoms with E-state index in [-0.39, 0.29) is 0 Å². The minimum atomic E-state index is -4.35. The van der Waals surface area contributed by atoms with Gasteiger partial charge in [-0.25, -0.2) is 0 Å². The minimum absolute atomic E-state index is 0.298. The molecule has 2 heterocycles. The van der Waals surface area contributed by atoms with Gasteiger partial charge in [0.15, 0.2) is 0 Å². The lowest BCUT2D eigenvalue weighted by atomic mass is 10.1. The largest absolute Gasteiger partial charge is 0.416 e. The SMILES string of the molecule is COCC(C)[CH]c1cn(CCCCCCSc2ccnc3cc(C(F)(F)F)ccc23)nn1. The first-order chi connectivity index (χ1) is 15.4. The number of hydrogen-bond donors (Lipinski definition) is 0. The third kappa shape index (κ3) is 7.20. The zero-order valence-corrected chi connectivity index (χ0v) is 19.1. The van der Waals surface area contributed by atoms with Crippen LogP contribution in [0.1, 0.15) is 43.9 Å². The van der Waals surface area contributed by atoms with Crippen LogP contribution in [-0.2, 0) is 17.5 Å². The van der Waals surface area contributed by atoms with Gasteiger partial charge in [0.05, 0.1) is 16.8 Å². The lowest BCUT2D eigenvalue weighted by molar-refractivity contribution is -0.137. The number of hydrogen-bond acceptors (Lipinski definition) is 5. The molecule has 1 unspecified atom stereocenters. The quantitative estimate of drug-likeness (QED) is 0.241. The summed E-state index contributed by atoms with van der Waals surface area (Å²) in [6, 6.07) is 5.63. The maximum Gasteiger partial charge on any atom is 0.416 e. The fourth-order valence-electron chi connectivity index (χ4n) is 3.44. The first-order valence-corrected chi connectivity index (χ1v) is 11.7. The summed E-state index contributed by atoms with van der Waals surface area (Å²) in [6.07, 6.45) is 5.48. The zero-order valence-electron chi connectivity index (χ0n) is 18.3. The molecule has 0 aliphatic carbocycles.